The van der Waals surface area contributed by atoms with E-state index in [1.807, 2.05) is 0 Å². The number of methoxy groups -OCH3 is 1. The summed E-state index contributed by atoms with van der Waals surface area (Å²) in [7, 11) is 1.46. The van der Waals surface area contributed by atoms with Crippen molar-refractivity contribution in [1.29, 1.82) is 0 Å². The van der Waals surface area contributed by atoms with Gasteiger partial charge in [-0.05, 0) is 18.6 Å². The number of carbonyl (C=O) groups is 1. The second-order valence-electron chi connectivity index (χ2n) is 3.86. The van der Waals surface area contributed by atoms with Crippen molar-refractivity contribution in [2.45, 2.75) is 13.3 Å². The Hall–Kier alpha value is -2.37. The maximum absolute atomic E-state index is 10.9. The van der Waals surface area contributed by atoms with Gasteiger partial charge >= 0.3 is 0 Å². The van der Waals surface area contributed by atoms with E-state index in [1.54, 1.807) is 24.3 Å². The average Bonchev–Trinajstić information content (AvgIpc) is 2.38. The van der Waals surface area contributed by atoms with E-state index in [0.29, 0.717) is 24.3 Å². The summed E-state index contributed by atoms with van der Waals surface area (Å²) in [5.74, 6) is 0.353. The molecule has 0 saturated carbocycles. The van der Waals surface area contributed by atoms with Crippen LogP contribution in [0.2, 0.25) is 0 Å². The van der Waals surface area contributed by atoms with Gasteiger partial charge in [-0.2, -0.15) is 0 Å². The highest BCUT2D eigenvalue weighted by Gasteiger charge is 2.12. The van der Waals surface area contributed by atoms with Gasteiger partial charge in [0.2, 0.25) is 5.91 Å². The molecule has 1 rings (SSSR count). The second kappa shape index (κ2) is 7.15. The van der Waals surface area contributed by atoms with Crippen LogP contribution in [0.25, 0.3) is 6.08 Å². The SMILES string of the molecule is COc1ccc(C=CCCNC(C)=O)c([N+](=O)[O-])c1. The lowest BCUT2D eigenvalue weighted by molar-refractivity contribution is -0.385. The molecule has 1 aromatic rings. The molecule has 0 atom stereocenters. The minimum absolute atomic E-state index is 0.00451. The maximum atomic E-state index is 10.9. The Bertz CT molecular complexity index is 497. The third-order valence-corrected chi connectivity index (χ3v) is 2.42. The van der Waals surface area contributed by atoms with E-state index in [4.69, 9.17) is 4.74 Å². The van der Waals surface area contributed by atoms with Crippen LogP contribution in [0, 0.1) is 10.1 Å². The summed E-state index contributed by atoms with van der Waals surface area (Å²) in [6.45, 7) is 1.95. The fourth-order valence-corrected chi connectivity index (χ4v) is 1.49. The molecule has 1 N–H and O–H groups in total. The number of nitro groups is 1. The van der Waals surface area contributed by atoms with Gasteiger partial charge in [-0.1, -0.05) is 12.2 Å². The Kier molecular flexibility index (Phi) is 5.53. The first kappa shape index (κ1) is 14.7. The van der Waals surface area contributed by atoms with Crippen LogP contribution in [-0.4, -0.2) is 24.5 Å². The Morgan fingerprint density at radius 1 is 1.53 bits per heavy atom. The molecule has 0 aliphatic heterocycles. The lowest BCUT2D eigenvalue weighted by Crippen LogP contribution is -2.20. The smallest absolute Gasteiger partial charge is 0.280 e. The van der Waals surface area contributed by atoms with E-state index in [-0.39, 0.29) is 11.6 Å². The van der Waals surface area contributed by atoms with Crippen molar-refractivity contribution in [1.82, 2.24) is 5.32 Å². The van der Waals surface area contributed by atoms with Crippen molar-refractivity contribution in [3.05, 3.63) is 40.0 Å². The number of rotatable bonds is 6. The summed E-state index contributed by atoms with van der Waals surface area (Å²) in [4.78, 5) is 21.1. The van der Waals surface area contributed by atoms with E-state index in [9.17, 15) is 14.9 Å². The normalized spacial score (nSPS) is 10.4. The summed E-state index contributed by atoms with van der Waals surface area (Å²) in [6.07, 6.45) is 4.06. The third kappa shape index (κ3) is 4.79. The molecule has 0 aliphatic rings. The molecule has 1 aromatic carbocycles. The van der Waals surface area contributed by atoms with Crippen LogP contribution in [0.4, 0.5) is 5.69 Å². The highest BCUT2D eigenvalue weighted by molar-refractivity contribution is 5.72. The number of hydrogen-bond acceptors (Lipinski definition) is 4. The first-order valence-electron chi connectivity index (χ1n) is 5.78. The standard InChI is InChI=1S/C13H16N2O4/c1-10(16)14-8-4-3-5-11-6-7-12(19-2)9-13(11)15(17)18/h3,5-7,9H,4,8H2,1-2H3,(H,14,16). The number of nitro benzene ring substituents is 1. The predicted octanol–water partition coefficient (Wildman–Crippen LogP) is 2.14. The van der Waals surface area contributed by atoms with Crippen LogP contribution < -0.4 is 10.1 Å². The van der Waals surface area contributed by atoms with Crippen LogP contribution in [0.15, 0.2) is 24.3 Å². The van der Waals surface area contributed by atoms with Crippen molar-refractivity contribution in [3.63, 3.8) is 0 Å². The molecule has 6 nitrogen and oxygen atoms in total. The van der Waals surface area contributed by atoms with E-state index >= 15 is 0 Å². The number of amides is 1. The van der Waals surface area contributed by atoms with Gasteiger partial charge in [-0.3, -0.25) is 14.9 Å². The molecule has 0 aliphatic carbocycles. The quantitative estimate of drug-likeness (QED) is 0.485. The minimum Gasteiger partial charge on any atom is -0.497 e. The molecule has 19 heavy (non-hydrogen) atoms. The number of nitrogens with zero attached hydrogens (tertiary/aromatic N) is 1. The van der Waals surface area contributed by atoms with E-state index in [2.05, 4.69) is 5.32 Å². The summed E-state index contributed by atoms with van der Waals surface area (Å²) in [5, 5.41) is 13.6. The van der Waals surface area contributed by atoms with Crippen LogP contribution in [0.3, 0.4) is 0 Å². The van der Waals surface area contributed by atoms with Crippen LogP contribution in [0.5, 0.6) is 5.75 Å². The minimum atomic E-state index is -0.448. The molecule has 6 heteroatoms. The molecule has 0 saturated heterocycles. The molecule has 0 fully saturated rings. The maximum Gasteiger partial charge on any atom is 0.280 e. The second-order valence-corrected chi connectivity index (χ2v) is 3.86. The third-order valence-electron chi connectivity index (χ3n) is 2.42. The molecule has 0 bridgehead atoms. The average molecular weight is 264 g/mol. The van der Waals surface area contributed by atoms with Crippen molar-refractivity contribution < 1.29 is 14.5 Å². The van der Waals surface area contributed by atoms with Gasteiger partial charge in [0.25, 0.3) is 5.69 Å². The fraction of sp³-hybridized carbons (Fsp3) is 0.308. The first-order chi connectivity index (χ1) is 9.04. The van der Waals surface area contributed by atoms with Gasteiger partial charge in [0.1, 0.15) is 5.75 Å². The summed E-state index contributed by atoms with van der Waals surface area (Å²) >= 11 is 0. The number of benzene rings is 1. The Morgan fingerprint density at radius 3 is 2.84 bits per heavy atom. The molecule has 1 amide bonds. The Balaban J connectivity index is 2.74. The Morgan fingerprint density at radius 2 is 2.26 bits per heavy atom. The van der Waals surface area contributed by atoms with E-state index in [0.717, 1.165) is 0 Å². The van der Waals surface area contributed by atoms with Crippen molar-refractivity contribution in [2.24, 2.45) is 0 Å². The van der Waals surface area contributed by atoms with Crippen LogP contribution in [-0.2, 0) is 4.79 Å². The topological polar surface area (TPSA) is 81.5 Å². The molecular weight excluding hydrogens is 248 g/mol. The summed E-state index contributed by atoms with van der Waals surface area (Å²) < 4.78 is 4.95. The largest absolute Gasteiger partial charge is 0.497 e. The highest BCUT2D eigenvalue weighted by Crippen LogP contribution is 2.25. The lowest BCUT2D eigenvalue weighted by Gasteiger charge is -2.02. The van der Waals surface area contributed by atoms with Gasteiger partial charge in [-0.25, -0.2) is 0 Å². The molecule has 0 heterocycles. The van der Waals surface area contributed by atoms with Crippen molar-refractivity contribution in [2.75, 3.05) is 13.7 Å². The van der Waals surface area contributed by atoms with E-state index < -0.39 is 4.92 Å². The van der Waals surface area contributed by atoms with Gasteiger partial charge in [0.05, 0.1) is 23.7 Å². The molecule has 0 spiro atoms. The molecule has 0 radical (unpaired) electrons. The Labute approximate surface area is 111 Å². The first-order valence-corrected chi connectivity index (χ1v) is 5.78. The zero-order valence-electron chi connectivity index (χ0n) is 10.9. The monoisotopic (exact) mass is 264 g/mol. The highest BCUT2D eigenvalue weighted by atomic mass is 16.6. The number of ether oxygens (including phenoxy) is 1. The molecule has 0 unspecified atom stereocenters. The number of nitrogens with one attached hydrogen (secondary N) is 1. The molecular formula is C13H16N2O4. The molecule has 102 valence electrons. The zero-order chi connectivity index (χ0) is 14.3. The van der Waals surface area contributed by atoms with Crippen molar-refractivity contribution >= 4 is 17.7 Å². The summed E-state index contributed by atoms with van der Waals surface area (Å²) in [5.41, 5.74) is 0.503. The predicted molar refractivity (Wildman–Crippen MR) is 72.0 cm³/mol. The van der Waals surface area contributed by atoms with Crippen LogP contribution >= 0.6 is 0 Å². The molecule has 0 aromatic heterocycles. The fourth-order valence-electron chi connectivity index (χ4n) is 1.49. The number of hydrogen-bond donors (Lipinski definition) is 1. The van der Waals surface area contributed by atoms with Gasteiger partial charge in [-0.15, -0.1) is 0 Å². The van der Waals surface area contributed by atoms with Gasteiger partial charge in [0.15, 0.2) is 0 Å². The van der Waals surface area contributed by atoms with Crippen molar-refractivity contribution in [3.8, 4) is 5.75 Å². The lowest BCUT2D eigenvalue weighted by atomic mass is 10.1. The zero-order valence-corrected chi connectivity index (χ0v) is 10.9. The summed E-state index contributed by atoms with van der Waals surface area (Å²) in [6, 6.07) is 4.68. The van der Waals surface area contributed by atoms with Gasteiger partial charge in [0, 0.05) is 13.5 Å². The van der Waals surface area contributed by atoms with Crippen LogP contribution in [0.1, 0.15) is 18.9 Å². The number of carbonyl (C=O) groups excluding carboxylic acids is 1. The van der Waals surface area contributed by atoms with E-state index in [1.165, 1.54) is 20.1 Å². The van der Waals surface area contributed by atoms with Gasteiger partial charge < -0.3 is 10.1 Å².